The Morgan fingerprint density at radius 3 is 2.03 bits per heavy atom. The number of nitrogens with zero attached hydrogens (tertiary/aromatic N) is 2. The highest BCUT2D eigenvalue weighted by molar-refractivity contribution is 5.72. The first kappa shape index (κ1) is 21.9. The molecule has 0 bridgehead atoms. The highest BCUT2D eigenvalue weighted by Gasteiger charge is 2.29. The molecule has 1 aromatic heterocycles. The number of aromatic nitrogens is 2. The van der Waals surface area contributed by atoms with Crippen LogP contribution in [0, 0.1) is 18.8 Å². The van der Waals surface area contributed by atoms with Crippen LogP contribution in [0.15, 0.2) is 58.1 Å². The van der Waals surface area contributed by atoms with Crippen LogP contribution in [0.5, 0.6) is 0 Å². The summed E-state index contributed by atoms with van der Waals surface area (Å²) in [5, 5.41) is 0. The van der Waals surface area contributed by atoms with Gasteiger partial charge in [0.2, 0.25) is 0 Å². The summed E-state index contributed by atoms with van der Waals surface area (Å²) in [4.78, 5) is 25.1. The van der Waals surface area contributed by atoms with Gasteiger partial charge in [-0.1, -0.05) is 41.8 Å². The van der Waals surface area contributed by atoms with E-state index in [1.165, 1.54) is 42.9 Å². The SMILES string of the molecule is Cc1ccc(C#Cc2c(/C=C/c3ccc(C(F)(F)F)cc3)c(=O)n(C)c(=O)n2C)cc1. The van der Waals surface area contributed by atoms with Crippen molar-refractivity contribution >= 4 is 12.2 Å². The fourth-order valence-electron chi connectivity index (χ4n) is 2.90. The second kappa shape index (κ2) is 8.52. The maximum Gasteiger partial charge on any atom is 0.416 e. The number of hydrogen-bond donors (Lipinski definition) is 0. The summed E-state index contributed by atoms with van der Waals surface area (Å²) in [5.41, 5.74) is 0.835. The monoisotopic (exact) mass is 424 g/mol. The van der Waals surface area contributed by atoms with E-state index < -0.39 is 23.0 Å². The predicted octanol–water partition coefficient (Wildman–Crippen LogP) is 3.98. The first-order valence-corrected chi connectivity index (χ1v) is 9.32. The standard InChI is InChI=1S/C24H19F3N2O2/c1-16-4-6-17(7-5-16)11-15-21-20(22(30)29(3)23(31)28(21)2)14-10-18-8-12-19(13-9-18)24(25,26)27/h4-10,12-14H,1-3H3/b14-10+. The van der Waals surface area contributed by atoms with E-state index in [1.54, 1.807) is 0 Å². The maximum absolute atomic E-state index is 12.7. The van der Waals surface area contributed by atoms with Gasteiger partial charge in [0.25, 0.3) is 5.56 Å². The minimum Gasteiger partial charge on any atom is -0.289 e. The average Bonchev–Trinajstić information content (AvgIpc) is 2.74. The van der Waals surface area contributed by atoms with Crippen molar-refractivity contribution in [1.29, 1.82) is 0 Å². The highest BCUT2D eigenvalue weighted by atomic mass is 19.4. The summed E-state index contributed by atoms with van der Waals surface area (Å²) in [6, 6.07) is 12.0. The molecule has 0 unspecified atom stereocenters. The van der Waals surface area contributed by atoms with E-state index in [0.717, 1.165) is 27.8 Å². The lowest BCUT2D eigenvalue weighted by Crippen LogP contribution is -2.39. The molecule has 0 saturated carbocycles. The molecule has 0 spiro atoms. The molecular formula is C24H19F3N2O2. The quantitative estimate of drug-likeness (QED) is 0.584. The smallest absolute Gasteiger partial charge is 0.289 e. The van der Waals surface area contributed by atoms with E-state index in [0.29, 0.717) is 5.56 Å². The van der Waals surface area contributed by atoms with E-state index in [4.69, 9.17) is 0 Å². The van der Waals surface area contributed by atoms with Crippen LogP contribution in [0.4, 0.5) is 13.2 Å². The van der Waals surface area contributed by atoms with Crippen molar-refractivity contribution < 1.29 is 13.2 Å². The molecule has 0 aliphatic carbocycles. The Hall–Kier alpha value is -3.79. The van der Waals surface area contributed by atoms with Gasteiger partial charge < -0.3 is 0 Å². The Labute approximate surface area is 176 Å². The van der Waals surface area contributed by atoms with Crippen LogP contribution in [-0.4, -0.2) is 9.13 Å². The zero-order chi connectivity index (χ0) is 22.8. The lowest BCUT2D eigenvalue weighted by atomic mass is 10.1. The van der Waals surface area contributed by atoms with Crippen LogP contribution in [0.2, 0.25) is 0 Å². The van der Waals surface area contributed by atoms with Gasteiger partial charge in [-0.3, -0.25) is 13.9 Å². The molecule has 0 saturated heterocycles. The molecule has 0 radical (unpaired) electrons. The second-order valence-corrected chi connectivity index (χ2v) is 7.04. The molecule has 2 aromatic carbocycles. The molecule has 3 aromatic rings. The van der Waals surface area contributed by atoms with Crippen LogP contribution < -0.4 is 11.2 Å². The van der Waals surface area contributed by atoms with Gasteiger partial charge in [-0.25, -0.2) is 4.79 Å². The lowest BCUT2D eigenvalue weighted by molar-refractivity contribution is -0.137. The fourth-order valence-corrected chi connectivity index (χ4v) is 2.90. The number of aryl methyl sites for hydroxylation is 1. The Morgan fingerprint density at radius 1 is 0.839 bits per heavy atom. The van der Waals surface area contributed by atoms with E-state index in [-0.39, 0.29) is 11.3 Å². The minimum atomic E-state index is -4.42. The van der Waals surface area contributed by atoms with Crippen molar-refractivity contribution in [2.75, 3.05) is 0 Å². The van der Waals surface area contributed by atoms with Crippen molar-refractivity contribution in [2.45, 2.75) is 13.1 Å². The van der Waals surface area contributed by atoms with E-state index in [1.807, 2.05) is 31.2 Å². The van der Waals surface area contributed by atoms with Crippen LogP contribution in [0.3, 0.4) is 0 Å². The molecule has 0 aliphatic heterocycles. The first-order valence-electron chi connectivity index (χ1n) is 9.32. The van der Waals surface area contributed by atoms with Gasteiger partial charge in [0.05, 0.1) is 11.1 Å². The molecule has 0 atom stereocenters. The van der Waals surface area contributed by atoms with Gasteiger partial charge >= 0.3 is 11.9 Å². The molecule has 4 nitrogen and oxygen atoms in total. The molecule has 0 aliphatic rings. The Bertz CT molecular complexity index is 1320. The Balaban J connectivity index is 2.07. The summed E-state index contributed by atoms with van der Waals surface area (Å²) in [5.74, 6) is 5.84. The molecule has 7 heteroatoms. The van der Waals surface area contributed by atoms with Crippen molar-refractivity contribution in [3.05, 3.63) is 103 Å². The number of rotatable bonds is 2. The van der Waals surface area contributed by atoms with Gasteiger partial charge in [0.15, 0.2) is 0 Å². The predicted molar refractivity (Wildman–Crippen MR) is 114 cm³/mol. The van der Waals surface area contributed by atoms with Gasteiger partial charge in [0, 0.05) is 19.7 Å². The van der Waals surface area contributed by atoms with Crippen LogP contribution in [-0.2, 0) is 20.3 Å². The van der Waals surface area contributed by atoms with Crippen LogP contribution in [0.1, 0.15) is 33.5 Å². The van der Waals surface area contributed by atoms with Gasteiger partial charge in [-0.05, 0) is 48.7 Å². The average molecular weight is 424 g/mol. The fraction of sp³-hybridized carbons (Fsp3) is 0.167. The van der Waals surface area contributed by atoms with Gasteiger partial charge in [0.1, 0.15) is 5.69 Å². The third-order valence-corrected chi connectivity index (χ3v) is 4.76. The molecule has 158 valence electrons. The first-order chi connectivity index (χ1) is 14.6. The normalized spacial score (nSPS) is 11.4. The molecule has 0 fully saturated rings. The van der Waals surface area contributed by atoms with Crippen molar-refractivity contribution in [3.63, 3.8) is 0 Å². The summed E-state index contributed by atoms with van der Waals surface area (Å²) >= 11 is 0. The third-order valence-electron chi connectivity index (χ3n) is 4.76. The van der Waals surface area contributed by atoms with Gasteiger partial charge in [-0.15, -0.1) is 0 Å². The van der Waals surface area contributed by atoms with E-state index >= 15 is 0 Å². The topological polar surface area (TPSA) is 44.0 Å². The summed E-state index contributed by atoms with van der Waals surface area (Å²) < 4.78 is 40.5. The molecule has 0 amide bonds. The van der Waals surface area contributed by atoms with Gasteiger partial charge in [-0.2, -0.15) is 13.2 Å². The third kappa shape index (κ3) is 4.86. The highest BCUT2D eigenvalue weighted by Crippen LogP contribution is 2.29. The second-order valence-electron chi connectivity index (χ2n) is 7.04. The number of halogens is 3. The molecule has 31 heavy (non-hydrogen) atoms. The van der Waals surface area contributed by atoms with E-state index in [9.17, 15) is 22.8 Å². The number of hydrogen-bond acceptors (Lipinski definition) is 2. The lowest BCUT2D eigenvalue weighted by Gasteiger charge is -2.09. The number of alkyl halides is 3. The van der Waals surface area contributed by atoms with Crippen molar-refractivity contribution in [1.82, 2.24) is 9.13 Å². The minimum absolute atomic E-state index is 0.170. The zero-order valence-electron chi connectivity index (χ0n) is 17.1. The van der Waals surface area contributed by atoms with E-state index in [2.05, 4.69) is 11.8 Å². The number of benzene rings is 2. The van der Waals surface area contributed by atoms with Crippen LogP contribution in [0.25, 0.3) is 12.2 Å². The maximum atomic E-state index is 12.7. The summed E-state index contributed by atoms with van der Waals surface area (Å²) in [7, 11) is 2.87. The Morgan fingerprint density at radius 2 is 1.45 bits per heavy atom. The van der Waals surface area contributed by atoms with Crippen molar-refractivity contribution in [2.24, 2.45) is 14.1 Å². The summed E-state index contributed by atoms with van der Waals surface area (Å²) in [6.07, 6.45) is -1.45. The molecule has 3 rings (SSSR count). The Kier molecular flexibility index (Phi) is 6.02. The summed E-state index contributed by atoms with van der Waals surface area (Å²) in [6.45, 7) is 1.95. The zero-order valence-corrected chi connectivity index (χ0v) is 17.1. The molecule has 0 N–H and O–H groups in total. The molecule has 1 heterocycles. The largest absolute Gasteiger partial charge is 0.416 e. The molecular weight excluding hydrogens is 405 g/mol. The van der Waals surface area contributed by atoms with Crippen molar-refractivity contribution in [3.8, 4) is 11.8 Å². The van der Waals surface area contributed by atoms with Crippen LogP contribution >= 0.6 is 0 Å².